The summed E-state index contributed by atoms with van der Waals surface area (Å²) in [7, 11) is -3.79. The fourth-order valence-corrected chi connectivity index (χ4v) is 3.54. The van der Waals surface area contributed by atoms with Crippen molar-refractivity contribution >= 4 is 33.2 Å². The van der Waals surface area contributed by atoms with Crippen molar-refractivity contribution in [3.05, 3.63) is 53.1 Å². The molecule has 1 unspecified atom stereocenters. The van der Waals surface area contributed by atoms with Crippen molar-refractivity contribution in [3.63, 3.8) is 0 Å². The summed E-state index contributed by atoms with van der Waals surface area (Å²) in [6.45, 7) is 1.60. The van der Waals surface area contributed by atoms with E-state index >= 15 is 0 Å². The number of hydrogen-bond acceptors (Lipinski definition) is 4. The van der Waals surface area contributed by atoms with E-state index in [-0.39, 0.29) is 11.4 Å². The van der Waals surface area contributed by atoms with Gasteiger partial charge >= 0.3 is 0 Å². The van der Waals surface area contributed by atoms with Crippen molar-refractivity contribution in [1.29, 1.82) is 0 Å². The summed E-state index contributed by atoms with van der Waals surface area (Å²) in [5.41, 5.74) is 1.34. The molecule has 0 bridgehead atoms. The molecule has 24 heavy (non-hydrogen) atoms. The van der Waals surface area contributed by atoms with Crippen LogP contribution in [0.4, 0.5) is 5.69 Å². The van der Waals surface area contributed by atoms with Gasteiger partial charge in [-0.25, -0.2) is 13.1 Å². The zero-order chi connectivity index (χ0) is 17.3. The van der Waals surface area contributed by atoms with Gasteiger partial charge in [-0.1, -0.05) is 29.8 Å². The van der Waals surface area contributed by atoms with Crippen LogP contribution in [0.15, 0.2) is 47.4 Å². The molecule has 2 aromatic carbocycles. The highest BCUT2D eigenvalue weighted by Gasteiger charge is 2.29. The lowest BCUT2D eigenvalue weighted by Crippen LogP contribution is -2.45. The maximum Gasteiger partial charge on any atom is 0.266 e. The van der Waals surface area contributed by atoms with Crippen molar-refractivity contribution < 1.29 is 17.9 Å². The minimum atomic E-state index is -3.79. The molecule has 0 saturated heterocycles. The number of nitrogens with one attached hydrogen (secondary N) is 2. The summed E-state index contributed by atoms with van der Waals surface area (Å²) in [4.78, 5) is 12.1. The highest BCUT2D eigenvalue weighted by Crippen LogP contribution is 2.28. The Labute approximate surface area is 144 Å². The number of aryl methyl sites for hydroxylation is 1. The first-order chi connectivity index (χ1) is 11.4. The van der Waals surface area contributed by atoms with Gasteiger partial charge in [0, 0.05) is 5.02 Å². The molecule has 0 spiro atoms. The lowest BCUT2D eigenvalue weighted by molar-refractivity contribution is -0.123. The molecule has 0 saturated carbocycles. The van der Waals surface area contributed by atoms with Crippen LogP contribution in [0.25, 0.3) is 0 Å². The molecule has 1 aliphatic rings. The van der Waals surface area contributed by atoms with Crippen LogP contribution in [0.5, 0.6) is 5.75 Å². The van der Waals surface area contributed by atoms with E-state index in [4.69, 9.17) is 16.3 Å². The van der Waals surface area contributed by atoms with E-state index in [9.17, 15) is 13.2 Å². The summed E-state index contributed by atoms with van der Waals surface area (Å²) in [6, 6.07) is 11.4. The molecule has 0 aromatic heterocycles. The Morgan fingerprint density at radius 3 is 2.75 bits per heavy atom. The van der Waals surface area contributed by atoms with Gasteiger partial charge < -0.3 is 10.1 Å². The van der Waals surface area contributed by atoms with Gasteiger partial charge in [0.1, 0.15) is 5.75 Å². The number of sulfonamides is 1. The Morgan fingerprint density at radius 1 is 1.25 bits per heavy atom. The maximum absolute atomic E-state index is 12.3. The molecule has 0 fully saturated rings. The van der Waals surface area contributed by atoms with E-state index in [1.807, 2.05) is 0 Å². The second-order valence-electron chi connectivity index (χ2n) is 5.35. The summed E-state index contributed by atoms with van der Waals surface area (Å²) < 4.78 is 32.6. The van der Waals surface area contributed by atoms with E-state index in [0.29, 0.717) is 16.5 Å². The monoisotopic (exact) mass is 366 g/mol. The van der Waals surface area contributed by atoms with Gasteiger partial charge in [-0.05, 0) is 36.8 Å². The average Bonchev–Trinajstić information content (AvgIpc) is 2.55. The summed E-state index contributed by atoms with van der Waals surface area (Å²) in [5, 5.41) is 3.04. The molecule has 0 radical (unpaired) electrons. The second kappa shape index (κ2) is 6.43. The number of rotatable bonds is 4. The van der Waals surface area contributed by atoms with E-state index < -0.39 is 22.0 Å². The Morgan fingerprint density at radius 2 is 2.00 bits per heavy atom. The lowest BCUT2D eigenvalue weighted by Gasteiger charge is -2.25. The van der Waals surface area contributed by atoms with Crippen LogP contribution in [0.2, 0.25) is 5.02 Å². The average molecular weight is 367 g/mol. The van der Waals surface area contributed by atoms with Gasteiger partial charge in [-0.15, -0.1) is 0 Å². The van der Waals surface area contributed by atoms with Crippen LogP contribution in [0.1, 0.15) is 5.56 Å². The molecule has 6 nitrogen and oxygen atoms in total. The Bertz CT molecular complexity index is 899. The van der Waals surface area contributed by atoms with Crippen molar-refractivity contribution in [1.82, 2.24) is 4.72 Å². The topological polar surface area (TPSA) is 84.5 Å². The fraction of sp³-hybridized carbons (Fsp3) is 0.188. The molecule has 1 atom stereocenters. The quantitative estimate of drug-likeness (QED) is 0.869. The highest BCUT2D eigenvalue weighted by atomic mass is 35.5. The van der Waals surface area contributed by atoms with E-state index in [2.05, 4.69) is 10.0 Å². The highest BCUT2D eigenvalue weighted by molar-refractivity contribution is 7.89. The largest absolute Gasteiger partial charge is 0.477 e. The standard InChI is InChI=1S/C16H15ClN2O4S/c1-10-6-7-11(8-12(10)17)24(21,22)18-9-15-16(20)19-13-4-2-3-5-14(13)23-15/h2-8,15,18H,9H2,1H3,(H,19,20). The minimum absolute atomic E-state index is 0.0368. The van der Waals surface area contributed by atoms with Gasteiger partial charge in [0.25, 0.3) is 5.91 Å². The number of ether oxygens (including phenoxy) is 1. The number of fused-ring (bicyclic) bond motifs is 1. The summed E-state index contributed by atoms with van der Waals surface area (Å²) >= 11 is 5.97. The smallest absolute Gasteiger partial charge is 0.266 e. The Kier molecular flexibility index (Phi) is 4.49. The maximum atomic E-state index is 12.3. The van der Waals surface area contributed by atoms with Crippen molar-refractivity contribution in [2.45, 2.75) is 17.9 Å². The van der Waals surface area contributed by atoms with Crippen LogP contribution >= 0.6 is 11.6 Å². The number of anilines is 1. The van der Waals surface area contributed by atoms with Crippen LogP contribution in [-0.2, 0) is 14.8 Å². The SMILES string of the molecule is Cc1ccc(S(=O)(=O)NCC2Oc3ccccc3NC2=O)cc1Cl. The van der Waals surface area contributed by atoms with Crippen LogP contribution in [-0.4, -0.2) is 27.0 Å². The van der Waals surface area contributed by atoms with Gasteiger partial charge in [-0.3, -0.25) is 4.79 Å². The third kappa shape index (κ3) is 3.38. The third-order valence-corrected chi connectivity index (χ3v) is 5.45. The normalized spacial score (nSPS) is 16.9. The van der Waals surface area contributed by atoms with Gasteiger partial charge in [0.05, 0.1) is 17.1 Å². The zero-order valence-corrected chi connectivity index (χ0v) is 14.3. The number of benzene rings is 2. The first kappa shape index (κ1) is 16.8. The number of halogens is 1. The van der Waals surface area contributed by atoms with E-state index in [1.54, 1.807) is 37.3 Å². The Balaban J connectivity index is 1.73. The molecule has 3 rings (SSSR count). The second-order valence-corrected chi connectivity index (χ2v) is 7.53. The Hall–Kier alpha value is -2.09. The first-order valence-electron chi connectivity index (χ1n) is 7.19. The van der Waals surface area contributed by atoms with Crippen LogP contribution in [0.3, 0.4) is 0 Å². The number of carbonyl (C=O) groups is 1. The fourth-order valence-electron chi connectivity index (χ4n) is 2.24. The lowest BCUT2D eigenvalue weighted by atomic mass is 10.2. The van der Waals surface area contributed by atoms with Crippen molar-refractivity contribution in [3.8, 4) is 5.75 Å². The molecule has 1 heterocycles. The summed E-state index contributed by atoms with van der Waals surface area (Å²) in [5.74, 6) is 0.0954. The molecule has 8 heteroatoms. The van der Waals surface area contributed by atoms with Crippen molar-refractivity contribution in [2.75, 3.05) is 11.9 Å². The zero-order valence-electron chi connectivity index (χ0n) is 12.7. The van der Waals surface area contributed by atoms with E-state index in [0.717, 1.165) is 5.56 Å². The van der Waals surface area contributed by atoms with Crippen LogP contribution in [0, 0.1) is 6.92 Å². The third-order valence-electron chi connectivity index (χ3n) is 3.62. The number of carbonyl (C=O) groups excluding carboxylic acids is 1. The first-order valence-corrected chi connectivity index (χ1v) is 9.05. The molecule has 1 aliphatic heterocycles. The minimum Gasteiger partial charge on any atom is -0.477 e. The number of para-hydroxylation sites is 2. The molecule has 2 aromatic rings. The molecular formula is C16H15ClN2O4S. The van der Waals surface area contributed by atoms with Gasteiger partial charge in [-0.2, -0.15) is 0 Å². The number of amides is 1. The van der Waals surface area contributed by atoms with Crippen molar-refractivity contribution in [2.24, 2.45) is 0 Å². The predicted molar refractivity (Wildman–Crippen MR) is 90.9 cm³/mol. The molecule has 0 aliphatic carbocycles. The molecule has 126 valence electrons. The molecular weight excluding hydrogens is 352 g/mol. The van der Waals surface area contributed by atoms with Crippen LogP contribution < -0.4 is 14.8 Å². The number of hydrogen-bond donors (Lipinski definition) is 2. The van der Waals surface area contributed by atoms with Gasteiger partial charge in [0.15, 0.2) is 6.10 Å². The molecule has 2 N–H and O–H groups in total. The van der Waals surface area contributed by atoms with Gasteiger partial charge in [0.2, 0.25) is 10.0 Å². The van der Waals surface area contributed by atoms with E-state index in [1.165, 1.54) is 12.1 Å². The molecule has 1 amide bonds. The predicted octanol–water partition coefficient (Wildman–Crippen LogP) is 2.33. The summed E-state index contributed by atoms with van der Waals surface area (Å²) in [6.07, 6.45) is -0.949.